The number of hydrogen-bond donors (Lipinski definition) is 1. The van der Waals surface area contributed by atoms with Crippen LogP contribution in [-0.2, 0) is 0 Å². The van der Waals surface area contributed by atoms with Gasteiger partial charge in [0.1, 0.15) is 5.75 Å². The zero-order valence-corrected chi connectivity index (χ0v) is 14.9. The van der Waals surface area contributed by atoms with Crippen LogP contribution in [0.1, 0.15) is 24.4 Å². The standard InChI is InChI=1S/C16H21F3N2O.2ClH/c1-2-3-7-14(21-11-9-20-10-12-21)13-6-4-5-8-15(13)22-16(17,18)19;;/h2,4-6,8,14,20H,1,3,7,9-12H2;2*1H/t14-;;/m1../s1. The number of halogens is 5. The van der Waals surface area contributed by atoms with Gasteiger partial charge >= 0.3 is 6.36 Å². The molecule has 1 aliphatic heterocycles. The fraction of sp³-hybridized carbons (Fsp3) is 0.500. The number of hydrogen-bond acceptors (Lipinski definition) is 3. The highest BCUT2D eigenvalue weighted by Crippen LogP contribution is 2.35. The number of piperazine rings is 1. The van der Waals surface area contributed by atoms with Gasteiger partial charge in [0.2, 0.25) is 0 Å². The third-order valence-corrected chi connectivity index (χ3v) is 3.74. The summed E-state index contributed by atoms with van der Waals surface area (Å²) in [5.74, 6) is -0.109. The van der Waals surface area contributed by atoms with Gasteiger partial charge in [-0.2, -0.15) is 0 Å². The Balaban J connectivity index is 0.00000264. The second-order valence-corrected chi connectivity index (χ2v) is 5.25. The Bertz CT molecular complexity index is 494. The van der Waals surface area contributed by atoms with Gasteiger partial charge in [0.05, 0.1) is 0 Å². The van der Waals surface area contributed by atoms with E-state index in [-0.39, 0.29) is 36.6 Å². The van der Waals surface area contributed by atoms with Crippen LogP contribution in [0.25, 0.3) is 0 Å². The molecular weight excluding hydrogens is 364 g/mol. The largest absolute Gasteiger partial charge is 0.573 e. The number of alkyl halides is 3. The van der Waals surface area contributed by atoms with Crippen molar-refractivity contribution in [3.63, 3.8) is 0 Å². The van der Waals surface area contributed by atoms with Gasteiger partial charge < -0.3 is 10.1 Å². The van der Waals surface area contributed by atoms with E-state index in [4.69, 9.17) is 0 Å². The summed E-state index contributed by atoms with van der Waals surface area (Å²) in [6.45, 7) is 7.01. The Hall–Kier alpha value is -0.950. The maximum atomic E-state index is 12.6. The first-order chi connectivity index (χ1) is 10.5. The van der Waals surface area contributed by atoms with Crippen molar-refractivity contribution in [2.45, 2.75) is 25.2 Å². The van der Waals surface area contributed by atoms with E-state index in [0.717, 1.165) is 39.0 Å². The van der Waals surface area contributed by atoms with Crippen LogP contribution >= 0.6 is 24.8 Å². The van der Waals surface area contributed by atoms with Crippen molar-refractivity contribution in [3.05, 3.63) is 42.5 Å². The van der Waals surface area contributed by atoms with Crippen molar-refractivity contribution >= 4 is 24.8 Å². The molecule has 8 heteroatoms. The van der Waals surface area contributed by atoms with Crippen molar-refractivity contribution in [2.75, 3.05) is 26.2 Å². The normalized spacial score (nSPS) is 16.5. The minimum Gasteiger partial charge on any atom is -0.405 e. The fourth-order valence-corrected chi connectivity index (χ4v) is 2.78. The SMILES string of the molecule is C=CCC[C@H](c1ccccc1OC(F)(F)F)N1CCNCC1.Cl.Cl. The monoisotopic (exact) mass is 386 g/mol. The number of ether oxygens (including phenoxy) is 1. The first-order valence-electron chi connectivity index (χ1n) is 7.41. The molecule has 0 bridgehead atoms. The zero-order valence-electron chi connectivity index (χ0n) is 13.2. The van der Waals surface area contributed by atoms with E-state index in [1.54, 1.807) is 24.3 Å². The number of rotatable bonds is 6. The predicted molar refractivity (Wildman–Crippen MR) is 94.2 cm³/mol. The Kier molecular flexibility index (Phi) is 10.4. The number of nitrogens with one attached hydrogen (secondary N) is 1. The Morgan fingerprint density at radius 3 is 2.42 bits per heavy atom. The summed E-state index contributed by atoms with van der Waals surface area (Å²) in [6, 6.07) is 6.32. The smallest absolute Gasteiger partial charge is 0.405 e. The molecule has 1 aromatic rings. The molecule has 0 radical (unpaired) electrons. The molecule has 24 heavy (non-hydrogen) atoms. The molecule has 0 unspecified atom stereocenters. The fourth-order valence-electron chi connectivity index (χ4n) is 2.78. The van der Waals surface area contributed by atoms with Crippen molar-refractivity contribution < 1.29 is 17.9 Å². The van der Waals surface area contributed by atoms with Gasteiger partial charge in [0.15, 0.2) is 0 Å². The third-order valence-electron chi connectivity index (χ3n) is 3.74. The lowest BCUT2D eigenvalue weighted by Crippen LogP contribution is -2.45. The van der Waals surface area contributed by atoms with Gasteiger partial charge in [-0.25, -0.2) is 0 Å². The lowest BCUT2D eigenvalue weighted by atomic mass is 9.98. The van der Waals surface area contributed by atoms with Crippen LogP contribution in [0.4, 0.5) is 13.2 Å². The number of para-hydroxylation sites is 1. The summed E-state index contributed by atoms with van der Waals surface area (Å²) in [4.78, 5) is 2.21. The molecule has 1 atom stereocenters. The minimum atomic E-state index is -4.68. The van der Waals surface area contributed by atoms with E-state index in [0.29, 0.717) is 5.56 Å². The van der Waals surface area contributed by atoms with Crippen LogP contribution in [-0.4, -0.2) is 37.4 Å². The summed E-state index contributed by atoms with van der Waals surface area (Å²) < 4.78 is 42.1. The summed E-state index contributed by atoms with van der Waals surface area (Å²) in [5.41, 5.74) is 0.587. The average molecular weight is 387 g/mol. The molecular formula is C16H23Cl2F3N2O. The van der Waals surface area contributed by atoms with E-state index < -0.39 is 6.36 Å². The van der Waals surface area contributed by atoms with Gasteiger partial charge in [-0.15, -0.1) is 44.6 Å². The quantitative estimate of drug-likeness (QED) is 0.735. The van der Waals surface area contributed by atoms with Crippen LogP contribution in [0.3, 0.4) is 0 Å². The van der Waals surface area contributed by atoms with E-state index >= 15 is 0 Å². The van der Waals surface area contributed by atoms with Gasteiger partial charge in [0, 0.05) is 37.8 Å². The molecule has 3 nitrogen and oxygen atoms in total. The van der Waals surface area contributed by atoms with Crippen molar-refractivity contribution in [3.8, 4) is 5.75 Å². The number of allylic oxidation sites excluding steroid dienone is 1. The highest BCUT2D eigenvalue weighted by atomic mass is 35.5. The van der Waals surface area contributed by atoms with Crippen molar-refractivity contribution in [2.24, 2.45) is 0 Å². The van der Waals surface area contributed by atoms with Gasteiger partial charge in [-0.05, 0) is 18.9 Å². The van der Waals surface area contributed by atoms with Crippen molar-refractivity contribution in [1.82, 2.24) is 10.2 Å². The molecule has 0 aromatic heterocycles. The second-order valence-electron chi connectivity index (χ2n) is 5.25. The summed E-state index contributed by atoms with van der Waals surface area (Å²) in [5, 5.41) is 3.26. The second kappa shape index (κ2) is 10.8. The Morgan fingerprint density at radius 1 is 1.21 bits per heavy atom. The topological polar surface area (TPSA) is 24.5 Å². The lowest BCUT2D eigenvalue weighted by Gasteiger charge is -2.36. The molecule has 2 rings (SSSR count). The molecule has 1 N–H and O–H groups in total. The highest BCUT2D eigenvalue weighted by molar-refractivity contribution is 5.85. The third kappa shape index (κ3) is 6.89. The molecule has 0 aliphatic carbocycles. The van der Waals surface area contributed by atoms with Crippen LogP contribution in [0.15, 0.2) is 36.9 Å². The van der Waals surface area contributed by atoms with Gasteiger partial charge in [0.25, 0.3) is 0 Å². The zero-order chi connectivity index (χ0) is 16.0. The average Bonchev–Trinajstić information content (AvgIpc) is 2.49. The summed E-state index contributed by atoms with van der Waals surface area (Å²) >= 11 is 0. The minimum absolute atomic E-state index is 0. The van der Waals surface area contributed by atoms with E-state index in [1.165, 1.54) is 6.07 Å². The molecule has 0 amide bonds. The molecule has 138 valence electrons. The molecule has 1 aliphatic rings. The van der Waals surface area contributed by atoms with E-state index in [9.17, 15) is 13.2 Å². The van der Waals surface area contributed by atoms with Crippen LogP contribution in [0.2, 0.25) is 0 Å². The Morgan fingerprint density at radius 2 is 1.83 bits per heavy atom. The maximum absolute atomic E-state index is 12.6. The first-order valence-corrected chi connectivity index (χ1v) is 7.41. The maximum Gasteiger partial charge on any atom is 0.573 e. The van der Waals surface area contributed by atoms with Crippen LogP contribution < -0.4 is 10.1 Å². The number of benzene rings is 1. The Labute approximate surface area is 153 Å². The highest BCUT2D eigenvalue weighted by Gasteiger charge is 2.33. The molecule has 0 spiro atoms. The molecule has 1 saturated heterocycles. The summed E-state index contributed by atoms with van der Waals surface area (Å²) in [7, 11) is 0. The first kappa shape index (κ1) is 23.1. The lowest BCUT2D eigenvalue weighted by molar-refractivity contribution is -0.275. The van der Waals surface area contributed by atoms with Crippen LogP contribution in [0.5, 0.6) is 5.75 Å². The molecule has 1 heterocycles. The summed E-state index contributed by atoms with van der Waals surface area (Å²) in [6.07, 6.45) is -1.42. The molecule has 1 aromatic carbocycles. The molecule has 0 saturated carbocycles. The van der Waals surface area contributed by atoms with Crippen LogP contribution in [0, 0.1) is 0 Å². The van der Waals surface area contributed by atoms with Gasteiger partial charge in [-0.1, -0.05) is 24.3 Å². The van der Waals surface area contributed by atoms with E-state index in [2.05, 4.69) is 21.5 Å². The van der Waals surface area contributed by atoms with Crippen molar-refractivity contribution in [1.29, 1.82) is 0 Å². The number of nitrogens with zero attached hydrogens (tertiary/aromatic N) is 1. The molecule has 1 fully saturated rings. The predicted octanol–water partition coefficient (Wildman–Crippen LogP) is 4.34. The van der Waals surface area contributed by atoms with E-state index in [1.807, 2.05) is 0 Å². The van der Waals surface area contributed by atoms with Gasteiger partial charge in [-0.3, -0.25) is 4.90 Å².